The molecule has 4 nitrogen and oxygen atoms in total. The van der Waals surface area contributed by atoms with Gasteiger partial charge in [0.2, 0.25) is 0 Å². The lowest BCUT2D eigenvalue weighted by atomic mass is 10.00. The number of fused-ring (bicyclic) bond motifs is 1. The lowest BCUT2D eigenvalue weighted by molar-refractivity contribution is -0.907. The van der Waals surface area contributed by atoms with E-state index in [1.807, 2.05) is 0 Å². The molecule has 0 radical (unpaired) electrons. The monoisotopic (exact) mass is 302 g/mol. The Kier molecular flexibility index (Phi) is 4.18. The molecule has 1 aliphatic heterocycles. The molecule has 2 aromatic rings. The number of anilines is 1. The Morgan fingerprint density at radius 3 is 2.81 bits per heavy atom. The highest BCUT2D eigenvalue weighted by Crippen LogP contribution is 2.11. The van der Waals surface area contributed by atoms with Gasteiger partial charge >= 0.3 is 0 Å². The molecule has 0 aliphatic carbocycles. The normalized spacial score (nSPS) is 17.1. The van der Waals surface area contributed by atoms with Crippen molar-refractivity contribution < 1.29 is 9.69 Å². The van der Waals surface area contributed by atoms with E-state index in [1.165, 1.54) is 22.2 Å². The zero-order valence-electron chi connectivity index (χ0n) is 11.6. The van der Waals surface area contributed by atoms with Crippen molar-refractivity contribution in [1.82, 2.24) is 4.98 Å². The summed E-state index contributed by atoms with van der Waals surface area (Å²) in [4.78, 5) is 17.4. The molecule has 1 amide bonds. The molecule has 1 aromatic heterocycles. The molecule has 1 unspecified atom stereocenters. The Bertz CT molecular complexity index is 642. The third kappa shape index (κ3) is 3.60. The Balaban J connectivity index is 1.57. The van der Waals surface area contributed by atoms with Crippen molar-refractivity contribution in [2.24, 2.45) is 0 Å². The average molecular weight is 303 g/mol. The molecule has 0 spiro atoms. The van der Waals surface area contributed by atoms with Gasteiger partial charge in [-0.25, -0.2) is 4.98 Å². The van der Waals surface area contributed by atoms with E-state index in [0.717, 1.165) is 19.5 Å². The molecule has 1 atom stereocenters. The molecule has 5 heteroatoms. The van der Waals surface area contributed by atoms with Crippen LogP contribution >= 0.6 is 11.6 Å². The van der Waals surface area contributed by atoms with Gasteiger partial charge in [0.15, 0.2) is 6.54 Å². The SMILES string of the molecule is O=C(C[NH+]1CCc2ccccc2C1)Nc1ccc(Cl)cn1. The zero-order chi connectivity index (χ0) is 14.7. The first-order valence-electron chi connectivity index (χ1n) is 7.02. The summed E-state index contributed by atoms with van der Waals surface area (Å²) in [7, 11) is 0. The maximum atomic E-state index is 12.1. The van der Waals surface area contributed by atoms with Gasteiger partial charge in [-0.2, -0.15) is 0 Å². The van der Waals surface area contributed by atoms with E-state index in [0.29, 0.717) is 17.4 Å². The fourth-order valence-corrected chi connectivity index (χ4v) is 2.77. The molecule has 0 fully saturated rings. The van der Waals surface area contributed by atoms with Crippen molar-refractivity contribution in [3.8, 4) is 0 Å². The molecular weight excluding hydrogens is 286 g/mol. The molecule has 2 heterocycles. The summed E-state index contributed by atoms with van der Waals surface area (Å²) in [6.07, 6.45) is 2.55. The molecular formula is C16H17ClN3O+. The number of pyridine rings is 1. The second-order valence-electron chi connectivity index (χ2n) is 5.28. The molecule has 0 saturated carbocycles. The van der Waals surface area contributed by atoms with Gasteiger partial charge < -0.3 is 10.2 Å². The van der Waals surface area contributed by atoms with Crippen LogP contribution in [0.5, 0.6) is 0 Å². The molecule has 1 aliphatic rings. The van der Waals surface area contributed by atoms with Crippen molar-refractivity contribution in [1.29, 1.82) is 0 Å². The van der Waals surface area contributed by atoms with Gasteiger partial charge in [-0.1, -0.05) is 35.9 Å². The fraction of sp³-hybridized carbons (Fsp3) is 0.250. The van der Waals surface area contributed by atoms with E-state index in [9.17, 15) is 4.79 Å². The van der Waals surface area contributed by atoms with E-state index in [1.54, 1.807) is 12.1 Å². The maximum absolute atomic E-state index is 12.1. The highest BCUT2D eigenvalue weighted by Gasteiger charge is 2.21. The van der Waals surface area contributed by atoms with Crippen LogP contribution < -0.4 is 10.2 Å². The predicted octanol–water partition coefficient (Wildman–Crippen LogP) is 1.31. The van der Waals surface area contributed by atoms with Crippen LogP contribution in [0.2, 0.25) is 5.02 Å². The van der Waals surface area contributed by atoms with Crippen molar-refractivity contribution in [2.45, 2.75) is 13.0 Å². The summed E-state index contributed by atoms with van der Waals surface area (Å²) in [6.45, 7) is 2.34. The fourth-order valence-electron chi connectivity index (χ4n) is 2.66. The Morgan fingerprint density at radius 2 is 2.05 bits per heavy atom. The van der Waals surface area contributed by atoms with Gasteiger partial charge in [0.05, 0.1) is 11.6 Å². The van der Waals surface area contributed by atoms with Gasteiger partial charge in [-0.3, -0.25) is 4.79 Å². The Hall–Kier alpha value is -1.91. The number of nitrogens with zero attached hydrogens (tertiary/aromatic N) is 1. The first-order valence-corrected chi connectivity index (χ1v) is 7.40. The number of hydrogen-bond acceptors (Lipinski definition) is 2. The number of halogens is 1. The average Bonchev–Trinajstić information content (AvgIpc) is 2.49. The maximum Gasteiger partial charge on any atom is 0.280 e. The predicted molar refractivity (Wildman–Crippen MR) is 82.4 cm³/mol. The van der Waals surface area contributed by atoms with Crippen molar-refractivity contribution in [3.05, 3.63) is 58.7 Å². The van der Waals surface area contributed by atoms with Crippen LogP contribution in [0.15, 0.2) is 42.6 Å². The Labute approximate surface area is 128 Å². The molecule has 0 saturated heterocycles. The number of rotatable bonds is 3. The number of carbonyl (C=O) groups is 1. The summed E-state index contributed by atoms with van der Waals surface area (Å²) in [5.41, 5.74) is 2.75. The van der Waals surface area contributed by atoms with Gasteiger partial charge in [-0.05, 0) is 17.7 Å². The molecule has 21 heavy (non-hydrogen) atoms. The van der Waals surface area contributed by atoms with Crippen LogP contribution in [0.4, 0.5) is 5.82 Å². The van der Waals surface area contributed by atoms with Crippen molar-refractivity contribution >= 4 is 23.3 Å². The lowest BCUT2D eigenvalue weighted by Gasteiger charge is -2.25. The summed E-state index contributed by atoms with van der Waals surface area (Å²) >= 11 is 5.77. The standard InChI is InChI=1S/C16H16ClN3O/c17-14-5-6-15(18-9-14)19-16(21)11-20-8-7-12-3-1-2-4-13(12)10-20/h1-6,9H,7-8,10-11H2,(H,18,19,21)/p+1. The molecule has 108 valence electrons. The highest BCUT2D eigenvalue weighted by molar-refractivity contribution is 6.30. The summed E-state index contributed by atoms with van der Waals surface area (Å²) in [5, 5.41) is 3.37. The first-order chi connectivity index (χ1) is 10.2. The molecule has 0 bridgehead atoms. The highest BCUT2D eigenvalue weighted by atomic mass is 35.5. The van der Waals surface area contributed by atoms with Crippen LogP contribution in [-0.4, -0.2) is 24.0 Å². The smallest absolute Gasteiger partial charge is 0.280 e. The van der Waals surface area contributed by atoms with Crippen LogP contribution in [-0.2, 0) is 17.8 Å². The third-order valence-electron chi connectivity index (χ3n) is 3.71. The van der Waals surface area contributed by atoms with Gasteiger partial charge in [0.1, 0.15) is 12.4 Å². The van der Waals surface area contributed by atoms with E-state index in [4.69, 9.17) is 11.6 Å². The minimum atomic E-state index is -0.0146. The number of hydrogen-bond donors (Lipinski definition) is 2. The first kappa shape index (κ1) is 14.0. The summed E-state index contributed by atoms with van der Waals surface area (Å²) in [6, 6.07) is 11.9. The lowest BCUT2D eigenvalue weighted by Crippen LogP contribution is -3.12. The number of carbonyl (C=O) groups excluding carboxylic acids is 1. The van der Waals surface area contributed by atoms with Crippen LogP contribution in [0.3, 0.4) is 0 Å². The topological polar surface area (TPSA) is 46.4 Å². The summed E-state index contributed by atoms with van der Waals surface area (Å²) in [5.74, 6) is 0.528. The van der Waals surface area contributed by atoms with Crippen LogP contribution in [0.1, 0.15) is 11.1 Å². The summed E-state index contributed by atoms with van der Waals surface area (Å²) < 4.78 is 0. The van der Waals surface area contributed by atoms with Crippen LogP contribution in [0, 0.1) is 0 Å². The van der Waals surface area contributed by atoms with Crippen molar-refractivity contribution in [3.63, 3.8) is 0 Å². The van der Waals surface area contributed by atoms with Gasteiger partial charge in [-0.15, -0.1) is 0 Å². The van der Waals surface area contributed by atoms with Gasteiger partial charge in [0, 0.05) is 18.2 Å². The molecule has 2 N–H and O–H groups in total. The van der Waals surface area contributed by atoms with Crippen molar-refractivity contribution in [2.75, 3.05) is 18.4 Å². The minimum absolute atomic E-state index is 0.0146. The number of aromatic nitrogens is 1. The second-order valence-corrected chi connectivity index (χ2v) is 5.72. The molecule has 3 rings (SSSR count). The van der Waals surface area contributed by atoms with E-state index in [-0.39, 0.29) is 5.91 Å². The number of benzene rings is 1. The minimum Gasteiger partial charge on any atom is -0.323 e. The van der Waals surface area contributed by atoms with Crippen LogP contribution in [0.25, 0.3) is 0 Å². The molecule has 1 aromatic carbocycles. The number of quaternary nitrogens is 1. The zero-order valence-corrected chi connectivity index (χ0v) is 12.4. The third-order valence-corrected chi connectivity index (χ3v) is 3.94. The second kappa shape index (κ2) is 6.24. The largest absolute Gasteiger partial charge is 0.323 e. The quantitative estimate of drug-likeness (QED) is 0.898. The van der Waals surface area contributed by atoms with E-state index >= 15 is 0 Å². The Morgan fingerprint density at radius 1 is 1.24 bits per heavy atom. The number of nitrogens with one attached hydrogen (secondary N) is 2. The van der Waals surface area contributed by atoms with E-state index in [2.05, 4.69) is 34.6 Å². The number of amides is 1. The van der Waals surface area contributed by atoms with Gasteiger partial charge in [0.25, 0.3) is 5.91 Å². The van der Waals surface area contributed by atoms with E-state index < -0.39 is 0 Å².